The summed E-state index contributed by atoms with van der Waals surface area (Å²) < 4.78 is 48.3. The number of hydrogen-bond donors (Lipinski definition) is 1. The minimum Gasteiger partial charge on any atom is -0.490 e. The fourth-order valence-electron chi connectivity index (χ4n) is 2.21. The molecule has 140 valence electrons. The van der Waals surface area contributed by atoms with Crippen molar-refractivity contribution >= 4 is 23.4 Å². The maximum absolute atomic E-state index is 12.6. The van der Waals surface area contributed by atoms with Crippen molar-refractivity contribution in [1.29, 1.82) is 0 Å². The van der Waals surface area contributed by atoms with Crippen molar-refractivity contribution in [3.8, 4) is 5.75 Å². The zero-order chi connectivity index (χ0) is 19.3. The summed E-state index contributed by atoms with van der Waals surface area (Å²) in [4.78, 5) is 11.7. The van der Waals surface area contributed by atoms with Crippen LogP contribution in [0.2, 0.25) is 5.02 Å². The van der Waals surface area contributed by atoms with E-state index >= 15 is 0 Å². The summed E-state index contributed by atoms with van der Waals surface area (Å²) in [5.41, 5.74) is 0.872. The molecular formula is C18H17ClF3NO3. The van der Waals surface area contributed by atoms with E-state index in [0.29, 0.717) is 10.8 Å². The molecule has 4 nitrogen and oxygen atoms in total. The summed E-state index contributed by atoms with van der Waals surface area (Å²) in [6.45, 7) is 3.73. The van der Waals surface area contributed by atoms with Gasteiger partial charge >= 0.3 is 12.3 Å². The van der Waals surface area contributed by atoms with E-state index in [1.165, 1.54) is 12.1 Å². The van der Waals surface area contributed by atoms with Gasteiger partial charge in [0, 0.05) is 10.7 Å². The third kappa shape index (κ3) is 5.56. The van der Waals surface area contributed by atoms with Crippen LogP contribution in [0.5, 0.6) is 5.75 Å². The zero-order valence-corrected chi connectivity index (χ0v) is 14.9. The summed E-state index contributed by atoms with van der Waals surface area (Å²) in [6.07, 6.45) is -5.35. The number of carbonyl (C=O) groups is 1. The number of benzene rings is 2. The van der Waals surface area contributed by atoms with Gasteiger partial charge in [-0.05, 0) is 55.3 Å². The first-order valence-corrected chi connectivity index (χ1v) is 8.05. The highest BCUT2D eigenvalue weighted by atomic mass is 35.5. The summed E-state index contributed by atoms with van der Waals surface area (Å²) >= 11 is 6.07. The van der Waals surface area contributed by atoms with Gasteiger partial charge in [-0.25, -0.2) is 4.79 Å². The number of carbonyl (C=O) groups excluding carboxylic acids is 1. The summed E-state index contributed by atoms with van der Waals surface area (Å²) in [5.74, 6) is 0.589. The van der Waals surface area contributed by atoms with Gasteiger partial charge < -0.3 is 9.47 Å². The summed E-state index contributed by atoms with van der Waals surface area (Å²) in [5, 5.41) is 2.91. The quantitative estimate of drug-likeness (QED) is 0.679. The van der Waals surface area contributed by atoms with Crippen molar-refractivity contribution in [2.45, 2.75) is 20.0 Å². The van der Waals surface area contributed by atoms with Gasteiger partial charge in [0.05, 0.1) is 5.56 Å². The normalized spacial score (nSPS) is 11.2. The van der Waals surface area contributed by atoms with Crippen LogP contribution >= 0.6 is 11.6 Å². The van der Waals surface area contributed by atoms with E-state index in [4.69, 9.17) is 21.1 Å². The van der Waals surface area contributed by atoms with Gasteiger partial charge in [0.25, 0.3) is 0 Å². The molecular weight excluding hydrogens is 371 g/mol. The molecule has 2 aromatic carbocycles. The Kier molecular flexibility index (Phi) is 6.37. The van der Waals surface area contributed by atoms with Crippen LogP contribution in [0.15, 0.2) is 36.4 Å². The zero-order valence-electron chi connectivity index (χ0n) is 14.1. The lowest BCUT2D eigenvalue weighted by Gasteiger charge is -2.12. The third-order valence-corrected chi connectivity index (χ3v) is 4.03. The van der Waals surface area contributed by atoms with E-state index in [1.54, 1.807) is 12.1 Å². The van der Waals surface area contributed by atoms with E-state index in [1.807, 2.05) is 13.8 Å². The van der Waals surface area contributed by atoms with Crippen molar-refractivity contribution in [2.24, 2.45) is 0 Å². The molecule has 2 aromatic rings. The van der Waals surface area contributed by atoms with Crippen LogP contribution < -0.4 is 10.1 Å². The number of aryl methyl sites for hydroxylation is 2. The predicted octanol–water partition coefficient (Wildman–Crippen LogP) is 5.60. The lowest BCUT2D eigenvalue weighted by molar-refractivity contribution is -0.137. The van der Waals surface area contributed by atoms with Crippen LogP contribution in [0.1, 0.15) is 16.7 Å². The first-order chi connectivity index (χ1) is 12.2. The van der Waals surface area contributed by atoms with Crippen molar-refractivity contribution in [3.63, 3.8) is 0 Å². The minimum absolute atomic E-state index is 0.00491. The Morgan fingerprint density at radius 2 is 1.77 bits per heavy atom. The topological polar surface area (TPSA) is 47.6 Å². The third-order valence-electron chi connectivity index (χ3n) is 3.43. The van der Waals surface area contributed by atoms with Crippen LogP contribution in [-0.2, 0) is 10.9 Å². The number of ether oxygens (including phenoxy) is 2. The van der Waals surface area contributed by atoms with E-state index in [2.05, 4.69) is 5.32 Å². The molecule has 26 heavy (non-hydrogen) atoms. The number of amides is 1. The van der Waals surface area contributed by atoms with E-state index in [0.717, 1.165) is 23.3 Å². The highest BCUT2D eigenvalue weighted by molar-refractivity contribution is 6.32. The monoisotopic (exact) mass is 387 g/mol. The van der Waals surface area contributed by atoms with Crippen LogP contribution in [0.4, 0.5) is 23.7 Å². The first kappa shape index (κ1) is 19.9. The molecule has 0 aliphatic heterocycles. The lowest BCUT2D eigenvalue weighted by Crippen LogP contribution is -2.18. The summed E-state index contributed by atoms with van der Waals surface area (Å²) in [7, 11) is 0. The second-order valence-electron chi connectivity index (χ2n) is 5.56. The average molecular weight is 388 g/mol. The second-order valence-corrected chi connectivity index (χ2v) is 5.94. The van der Waals surface area contributed by atoms with E-state index in [-0.39, 0.29) is 18.9 Å². The molecule has 0 spiro atoms. The van der Waals surface area contributed by atoms with Gasteiger partial charge in [0.2, 0.25) is 0 Å². The number of nitrogens with one attached hydrogen (secondary N) is 1. The van der Waals surface area contributed by atoms with Crippen molar-refractivity contribution in [3.05, 3.63) is 58.1 Å². The van der Waals surface area contributed by atoms with Crippen molar-refractivity contribution in [1.82, 2.24) is 0 Å². The first-order valence-electron chi connectivity index (χ1n) is 7.67. The predicted molar refractivity (Wildman–Crippen MR) is 92.8 cm³/mol. The Morgan fingerprint density at radius 3 is 2.38 bits per heavy atom. The molecule has 0 aliphatic carbocycles. The van der Waals surface area contributed by atoms with Gasteiger partial charge in [-0.3, -0.25) is 5.32 Å². The fourth-order valence-corrected chi connectivity index (χ4v) is 2.32. The number of hydrogen-bond acceptors (Lipinski definition) is 3. The molecule has 0 saturated heterocycles. The van der Waals surface area contributed by atoms with Crippen LogP contribution in [0.3, 0.4) is 0 Å². The number of rotatable bonds is 5. The van der Waals surface area contributed by atoms with Crippen molar-refractivity contribution in [2.75, 3.05) is 18.5 Å². The lowest BCUT2D eigenvalue weighted by atomic mass is 10.1. The highest BCUT2D eigenvalue weighted by Crippen LogP contribution is 2.30. The fraction of sp³-hybridized carbons (Fsp3) is 0.278. The van der Waals surface area contributed by atoms with Crippen LogP contribution in [0, 0.1) is 13.8 Å². The highest BCUT2D eigenvalue weighted by Gasteiger charge is 2.30. The van der Waals surface area contributed by atoms with Gasteiger partial charge in [-0.15, -0.1) is 0 Å². The maximum Gasteiger partial charge on any atom is 0.416 e. The van der Waals surface area contributed by atoms with E-state index < -0.39 is 17.8 Å². The molecule has 8 heteroatoms. The number of anilines is 1. The van der Waals surface area contributed by atoms with E-state index in [9.17, 15) is 18.0 Å². The molecule has 2 rings (SSSR count). The Balaban J connectivity index is 1.81. The number of alkyl halides is 3. The van der Waals surface area contributed by atoms with Gasteiger partial charge in [0.1, 0.15) is 19.0 Å². The maximum atomic E-state index is 12.6. The van der Waals surface area contributed by atoms with Gasteiger partial charge in [-0.2, -0.15) is 13.2 Å². The standard InChI is InChI=1S/C18H17ClF3NO3/c1-11-8-15(9-12(2)16(11)19)25-6-7-26-17(24)23-14-5-3-4-13(10-14)18(20,21)22/h3-5,8-10H,6-7H2,1-2H3,(H,23,24). The number of halogens is 4. The van der Waals surface area contributed by atoms with Crippen LogP contribution in [-0.4, -0.2) is 19.3 Å². The second kappa shape index (κ2) is 8.31. The molecule has 1 N–H and O–H groups in total. The molecule has 0 aromatic heterocycles. The molecule has 0 atom stereocenters. The summed E-state index contributed by atoms with van der Waals surface area (Å²) in [6, 6.07) is 7.81. The molecule has 0 aliphatic rings. The average Bonchev–Trinajstić information content (AvgIpc) is 2.56. The Labute approximate surface area is 153 Å². The molecule has 0 fully saturated rings. The largest absolute Gasteiger partial charge is 0.490 e. The molecule has 0 radical (unpaired) electrons. The molecule has 0 saturated carbocycles. The Hall–Kier alpha value is -2.41. The van der Waals surface area contributed by atoms with Crippen LogP contribution in [0.25, 0.3) is 0 Å². The van der Waals surface area contributed by atoms with Crippen molar-refractivity contribution < 1.29 is 27.4 Å². The minimum atomic E-state index is -4.48. The Morgan fingerprint density at radius 1 is 1.12 bits per heavy atom. The Bertz CT molecular complexity index is 770. The molecule has 0 heterocycles. The van der Waals surface area contributed by atoms with Gasteiger partial charge in [-0.1, -0.05) is 17.7 Å². The molecule has 0 unspecified atom stereocenters. The molecule has 0 bridgehead atoms. The smallest absolute Gasteiger partial charge is 0.416 e. The SMILES string of the molecule is Cc1cc(OCCOC(=O)Nc2cccc(C(F)(F)F)c2)cc(C)c1Cl. The van der Waals surface area contributed by atoms with Gasteiger partial charge in [0.15, 0.2) is 0 Å². The molecule has 1 amide bonds.